The average Bonchev–Trinajstić information content (AvgIpc) is 3.32. The topological polar surface area (TPSA) is 82.3 Å². The third kappa shape index (κ3) is 4.84. The first-order chi connectivity index (χ1) is 15.9. The van der Waals surface area contributed by atoms with Crippen molar-refractivity contribution in [3.8, 4) is 0 Å². The first-order valence-electron chi connectivity index (χ1n) is 11.6. The molecule has 1 fully saturated rings. The van der Waals surface area contributed by atoms with Crippen molar-refractivity contribution in [2.24, 2.45) is 0 Å². The number of unbranched alkanes of at least 4 members (excludes halogenated alkanes) is 1. The fourth-order valence-corrected chi connectivity index (χ4v) is 6.65. The van der Waals surface area contributed by atoms with E-state index in [0.29, 0.717) is 42.5 Å². The number of benzene rings is 1. The average molecular weight is 492 g/mol. The number of rotatable bonds is 9. The van der Waals surface area contributed by atoms with Gasteiger partial charge in [-0.15, -0.1) is 0 Å². The highest BCUT2D eigenvalue weighted by Gasteiger charge is 2.27. The molecule has 10 heteroatoms. The highest BCUT2D eigenvalue weighted by molar-refractivity contribution is 7.98. The summed E-state index contributed by atoms with van der Waals surface area (Å²) in [6.45, 7) is 11.8. The summed E-state index contributed by atoms with van der Waals surface area (Å²) in [6, 6.07) is 5.28. The molecule has 1 aromatic carbocycles. The number of aromatic nitrogens is 4. The minimum absolute atomic E-state index is 0.290. The van der Waals surface area contributed by atoms with E-state index < -0.39 is 10.0 Å². The highest BCUT2D eigenvalue weighted by Crippen LogP contribution is 2.28. The lowest BCUT2D eigenvalue weighted by Crippen LogP contribution is -2.40. The monoisotopic (exact) mass is 491 g/mol. The van der Waals surface area contributed by atoms with Crippen LogP contribution in [-0.4, -0.2) is 58.1 Å². The van der Waals surface area contributed by atoms with Gasteiger partial charge in [-0.2, -0.15) is 4.31 Å². The zero-order valence-electron chi connectivity index (χ0n) is 19.9. The number of thioether (sulfide) groups is 1. The number of nitrogens with zero attached hydrogens (tertiary/aromatic N) is 5. The van der Waals surface area contributed by atoms with Gasteiger partial charge in [-0.3, -0.25) is 0 Å². The van der Waals surface area contributed by atoms with Gasteiger partial charge in [0.1, 0.15) is 5.82 Å². The Labute approximate surface area is 200 Å². The molecule has 0 radical (unpaired) electrons. The molecule has 33 heavy (non-hydrogen) atoms. The van der Waals surface area contributed by atoms with E-state index in [4.69, 9.17) is 14.7 Å². The van der Waals surface area contributed by atoms with Crippen LogP contribution < -0.4 is 0 Å². The van der Waals surface area contributed by atoms with Gasteiger partial charge in [-0.25, -0.2) is 18.4 Å². The van der Waals surface area contributed by atoms with Gasteiger partial charge < -0.3 is 13.9 Å². The van der Waals surface area contributed by atoms with Gasteiger partial charge in [0.2, 0.25) is 10.0 Å². The van der Waals surface area contributed by atoms with Crippen molar-refractivity contribution in [3.05, 3.63) is 35.4 Å². The SMILES string of the molecule is CCCCn1c(SCc2nc3cc(S(=O)(=O)N4CCOCC4)ccc3n2CC)nc(C)c1C. The first kappa shape index (κ1) is 24.3. The summed E-state index contributed by atoms with van der Waals surface area (Å²) >= 11 is 1.69. The molecule has 8 nitrogen and oxygen atoms in total. The van der Waals surface area contributed by atoms with Crippen LogP contribution in [0.4, 0.5) is 0 Å². The molecule has 4 rings (SSSR count). The van der Waals surface area contributed by atoms with Crippen LogP contribution in [0.15, 0.2) is 28.3 Å². The van der Waals surface area contributed by atoms with Crippen molar-refractivity contribution in [3.63, 3.8) is 0 Å². The van der Waals surface area contributed by atoms with Crippen LogP contribution in [0.3, 0.4) is 0 Å². The summed E-state index contributed by atoms with van der Waals surface area (Å²) in [5.74, 6) is 1.61. The molecule has 0 unspecified atom stereocenters. The Morgan fingerprint density at radius 3 is 2.55 bits per heavy atom. The van der Waals surface area contributed by atoms with Crippen LogP contribution in [0.2, 0.25) is 0 Å². The van der Waals surface area contributed by atoms with Gasteiger partial charge in [-0.1, -0.05) is 25.1 Å². The van der Waals surface area contributed by atoms with Gasteiger partial charge in [0.05, 0.1) is 40.6 Å². The largest absolute Gasteiger partial charge is 0.379 e. The highest BCUT2D eigenvalue weighted by atomic mass is 32.2. The molecular formula is C23H33N5O3S2. The summed E-state index contributed by atoms with van der Waals surface area (Å²) in [4.78, 5) is 9.91. The van der Waals surface area contributed by atoms with Gasteiger partial charge in [0, 0.05) is 31.9 Å². The fourth-order valence-electron chi connectivity index (χ4n) is 4.16. The molecule has 180 valence electrons. The van der Waals surface area contributed by atoms with Crippen LogP contribution in [0.25, 0.3) is 11.0 Å². The Bertz CT molecular complexity index is 1230. The summed E-state index contributed by atoms with van der Waals surface area (Å²) in [7, 11) is -3.55. The standard InChI is InChI=1S/C23H33N5O3S2/c1-5-7-10-28-18(4)17(3)24-23(28)32-16-22-25-20-15-19(8-9-21(20)27(22)6-2)33(29,30)26-11-13-31-14-12-26/h8-9,15H,5-7,10-14,16H2,1-4H3. The van der Waals surface area contributed by atoms with Crippen LogP contribution in [0, 0.1) is 13.8 Å². The Morgan fingerprint density at radius 2 is 1.85 bits per heavy atom. The number of hydrogen-bond acceptors (Lipinski definition) is 6. The molecule has 3 heterocycles. The zero-order valence-corrected chi connectivity index (χ0v) is 21.5. The smallest absolute Gasteiger partial charge is 0.243 e. The number of ether oxygens (including phenoxy) is 1. The molecule has 0 saturated carbocycles. The van der Waals surface area contributed by atoms with Crippen LogP contribution in [0.1, 0.15) is 43.9 Å². The Morgan fingerprint density at radius 1 is 1.09 bits per heavy atom. The van der Waals surface area contributed by atoms with Gasteiger partial charge >= 0.3 is 0 Å². The van der Waals surface area contributed by atoms with Gasteiger partial charge in [0.25, 0.3) is 0 Å². The minimum atomic E-state index is -3.55. The molecule has 0 N–H and O–H groups in total. The maximum absolute atomic E-state index is 13.1. The summed E-state index contributed by atoms with van der Waals surface area (Å²) in [6.07, 6.45) is 2.26. The Balaban J connectivity index is 1.61. The third-order valence-electron chi connectivity index (χ3n) is 6.21. The normalized spacial score (nSPS) is 15.5. The molecule has 2 aromatic heterocycles. The maximum atomic E-state index is 13.1. The predicted molar refractivity (Wildman–Crippen MR) is 131 cm³/mol. The molecule has 0 spiro atoms. The van der Waals surface area contributed by atoms with Crippen molar-refractivity contribution in [1.29, 1.82) is 0 Å². The molecule has 0 amide bonds. The summed E-state index contributed by atoms with van der Waals surface area (Å²) in [5, 5.41) is 1.02. The van der Waals surface area contributed by atoms with E-state index in [9.17, 15) is 8.42 Å². The Hall–Kier alpha value is -1.88. The zero-order chi connectivity index (χ0) is 23.6. The van der Waals surface area contributed by atoms with Crippen LogP contribution in [0.5, 0.6) is 0 Å². The van der Waals surface area contributed by atoms with E-state index in [1.165, 1.54) is 10.00 Å². The van der Waals surface area contributed by atoms with E-state index in [2.05, 4.69) is 36.8 Å². The van der Waals surface area contributed by atoms with Crippen molar-refractivity contribution in [2.75, 3.05) is 26.3 Å². The quantitative estimate of drug-likeness (QED) is 0.421. The van der Waals surface area contributed by atoms with E-state index in [0.717, 1.165) is 48.1 Å². The third-order valence-corrected chi connectivity index (χ3v) is 9.08. The van der Waals surface area contributed by atoms with Gasteiger partial charge in [-0.05, 0) is 45.4 Å². The van der Waals surface area contributed by atoms with Gasteiger partial charge in [0.15, 0.2) is 5.16 Å². The number of fused-ring (bicyclic) bond motifs is 1. The van der Waals surface area contributed by atoms with Crippen molar-refractivity contribution >= 4 is 32.8 Å². The molecule has 0 atom stereocenters. The fraction of sp³-hybridized carbons (Fsp3) is 0.565. The first-order valence-corrected chi connectivity index (χ1v) is 14.0. The van der Waals surface area contributed by atoms with Crippen molar-refractivity contribution < 1.29 is 13.2 Å². The summed E-state index contributed by atoms with van der Waals surface area (Å²) < 4.78 is 37.4. The molecule has 0 aliphatic carbocycles. The Kier molecular flexibility index (Phi) is 7.47. The lowest BCUT2D eigenvalue weighted by molar-refractivity contribution is 0.0730. The summed E-state index contributed by atoms with van der Waals surface area (Å²) in [5.41, 5.74) is 3.95. The van der Waals surface area contributed by atoms with Crippen molar-refractivity contribution in [1.82, 2.24) is 23.4 Å². The predicted octanol–water partition coefficient (Wildman–Crippen LogP) is 3.98. The van der Waals surface area contributed by atoms with E-state index >= 15 is 0 Å². The lowest BCUT2D eigenvalue weighted by atomic mass is 10.3. The lowest BCUT2D eigenvalue weighted by Gasteiger charge is -2.26. The number of aryl methyl sites for hydroxylation is 2. The molecular weight excluding hydrogens is 458 g/mol. The maximum Gasteiger partial charge on any atom is 0.243 e. The number of hydrogen-bond donors (Lipinski definition) is 0. The second-order valence-corrected chi connectivity index (χ2v) is 11.2. The van der Waals surface area contributed by atoms with Crippen molar-refractivity contribution in [2.45, 2.75) is 69.4 Å². The molecule has 1 aliphatic heterocycles. The second-order valence-electron chi connectivity index (χ2n) is 8.30. The molecule has 0 bridgehead atoms. The molecule has 3 aromatic rings. The number of sulfonamides is 1. The number of morpholine rings is 1. The molecule has 1 aliphatic rings. The minimum Gasteiger partial charge on any atom is -0.379 e. The second kappa shape index (κ2) is 10.2. The van der Waals surface area contributed by atoms with Crippen LogP contribution in [-0.2, 0) is 33.6 Å². The molecule has 1 saturated heterocycles. The van der Waals surface area contributed by atoms with Crippen LogP contribution >= 0.6 is 11.8 Å². The van der Waals surface area contributed by atoms with E-state index in [1.807, 2.05) is 6.07 Å². The number of imidazole rings is 2. The van der Waals surface area contributed by atoms with E-state index in [1.54, 1.807) is 23.9 Å². The van der Waals surface area contributed by atoms with E-state index in [-0.39, 0.29) is 0 Å².